The van der Waals surface area contributed by atoms with Gasteiger partial charge in [0.25, 0.3) is 0 Å². The van der Waals surface area contributed by atoms with Crippen LogP contribution in [0.1, 0.15) is 95.9 Å². The second kappa shape index (κ2) is 12.0. The van der Waals surface area contributed by atoms with Crippen molar-refractivity contribution in [2.75, 3.05) is 0 Å². The lowest BCUT2D eigenvalue weighted by Gasteiger charge is -2.33. The SMILES string of the molecule is Brc1ccc2c(c1)C(CCCCCc1ccc3c(c1)CC3)(CCCCCc1ccc3c(c1)CC3)c1cc(I)ccc1-2. The fourth-order valence-corrected chi connectivity index (χ4v) is 8.63. The lowest BCUT2D eigenvalue weighted by Crippen LogP contribution is -2.25. The van der Waals surface area contributed by atoms with Crippen molar-refractivity contribution in [2.24, 2.45) is 0 Å². The minimum Gasteiger partial charge on any atom is -0.0588 e. The Bertz CT molecular complexity index is 1460. The molecule has 41 heavy (non-hydrogen) atoms. The molecule has 0 nitrogen and oxygen atoms in total. The van der Waals surface area contributed by atoms with Crippen LogP contribution in [0.4, 0.5) is 0 Å². The van der Waals surface area contributed by atoms with Gasteiger partial charge in [-0.05, 0) is 167 Å². The van der Waals surface area contributed by atoms with Gasteiger partial charge in [-0.1, -0.05) is 90.1 Å². The molecule has 0 saturated carbocycles. The van der Waals surface area contributed by atoms with E-state index in [9.17, 15) is 0 Å². The zero-order valence-corrected chi connectivity index (χ0v) is 27.8. The average molecular weight is 716 g/mol. The maximum atomic E-state index is 3.84. The maximum absolute atomic E-state index is 3.84. The van der Waals surface area contributed by atoms with E-state index in [4.69, 9.17) is 0 Å². The molecule has 0 heterocycles. The van der Waals surface area contributed by atoms with Crippen LogP contribution in [0.5, 0.6) is 0 Å². The number of halogens is 2. The molecular formula is C39H40BrI. The number of rotatable bonds is 12. The summed E-state index contributed by atoms with van der Waals surface area (Å²) < 4.78 is 2.57. The van der Waals surface area contributed by atoms with Gasteiger partial charge in [-0.15, -0.1) is 0 Å². The van der Waals surface area contributed by atoms with Crippen molar-refractivity contribution in [1.29, 1.82) is 0 Å². The topological polar surface area (TPSA) is 0 Å². The van der Waals surface area contributed by atoms with Gasteiger partial charge in [0, 0.05) is 13.5 Å². The van der Waals surface area contributed by atoms with Crippen LogP contribution in [0.2, 0.25) is 0 Å². The van der Waals surface area contributed by atoms with Gasteiger partial charge in [0.1, 0.15) is 0 Å². The second-order valence-electron chi connectivity index (χ2n) is 12.8. The zero-order chi connectivity index (χ0) is 27.8. The summed E-state index contributed by atoms with van der Waals surface area (Å²) in [5.74, 6) is 0. The lowest BCUT2D eigenvalue weighted by atomic mass is 9.70. The van der Waals surface area contributed by atoms with Gasteiger partial charge in [-0.25, -0.2) is 0 Å². The Morgan fingerprint density at radius 3 is 1.61 bits per heavy atom. The van der Waals surface area contributed by atoms with Crippen molar-refractivity contribution in [3.8, 4) is 11.1 Å². The molecule has 0 spiro atoms. The molecule has 3 aliphatic rings. The van der Waals surface area contributed by atoms with Gasteiger partial charge in [0.2, 0.25) is 0 Å². The van der Waals surface area contributed by atoms with Crippen molar-refractivity contribution in [2.45, 2.75) is 95.3 Å². The summed E-state index contributed by atoms with van der Waals surface area (Å²) in [5, 5.41) is 0. The summed E-state index contributed by atoms with van der Waals surface area (Å²) in [6.45, 7) is 0. The quantitative estimate of drug-likeness (QED) is 0.101. The molecule has 3 aliphatic carbocycles. The van der Waals surface area contributed by atoms with Crippen LogP contribution in [0, 0.1) is 3.57 Å². The summed E-state index contributed by atoms with van der Waals surface area (Å²) in [7, 11) is 0. The number of hydrogen-bond acceptors (Lipinski definition) is 0. The molecule has 2 heteroatoms. The van der Waals surface area contributed by atoms with E-state index < -0.39 is 0 Å². The van der Waals surface area contributed by atoms with Crippen molar-refractivity contribution in [3.63, 3.8) is 0 Å². The molecule has 0 saturated heterocycles. The van der Waals surface area contributed by atoms with Crippen molar-refractivity contribution in [3.05, 3.63) is 125 Å². The Morgan fingerprint density at radius 1 is 0.537 bits per heavy atom. The number of aryl methyl sites for hydroxylation is 6. The Balaban J connectivity index is 1.05. The molecule has 0 N–H and O–H groups in total. The van der Waals surface area contributed by atoms with Crippen LogP contribution in [0.15, 0.2) is 77.3 Å². The first-order chi connectivity index (χ1) is 20.1. The molecule has 0 unspecified atom stereocenters. The third-order valence-corrected chi connectivity index (χ3v) is 11.5. The number of benzene rings is 4. The third-order valence-electron chi connectivity index (χ3n) is 10.3. The van der Waals surface area contributed by atoms with E-state index in [2.05, 4.69) is 111 Å². The highest BCUT2D eigenvalue weighted by Gasteiger charge is 2.42. The molecule has 0 fully saturated rings. The van der Waals surface area contributed by atoms with E-state index in [1.807, 2.05) is 0 Å². The van der Waals surface area contributed by atoms with Gasteiger partial charge < -0.3 is 0 Å². The predicted molar refractivity (Wildman–Crippen MR) is 185 cm³/mol. The van der Waals surface area contributed by atoms with Crippen molar-refractivity contribution >= 4 is 38.5 Å². The van der Waals surface area contributed by atoms with E-state index in [0.717, 1.165) is 0 Å². The molecule has 0 bridgehead atoms. The third kappa shape index (κ3) is 5.60. The van der Waals surface area contributed by atoms with E-state index in [1.54, 1.807) is 44.5 Å². The Morgan fingerprint density at radius 2 is 1.07 bits per heavy atom. The van der Waals surface area contributed by atoms with Crippen LogP contribution in [-0.2, 0) is 43.9 Å². The summed E-state index contributed by atoms with van der Waals surface area (Å²) >= 11 is 6.36. The van der Waals surface area contributed by atoms with Gasteiger partial charge in [-0.2, -0.15) is 0 Å². The normalized spacial score (nSPS) is 15.4. The maximum Gasteiger partial charge on any atom is 0.0216 e. The molecule has 4 aromatic carbocycles. The summed E-state index contributed by atoms with van der Waals surface area (Å²) in [5.41, 5.74) is 15.6. The number of fused-ring (bicyclic) bond motifs is 5. The van der Waals surface area contributed by atoms with Gasteiger partial charge in [0.15, 0.2) is 0 Å². The fourth-order valence-electron chi connectivity index (χ4n) is 7.78. The molecule has 4 aromatic rings. The molecule has 0 amide bonds. The zero-order valence-electron chi connectivity index (χ0n) is 24.1. The fraction of sp³-hybridized carbons (Fsp3) is 0.385. The van der Waals surface area contributed by atoms with Gasteiger partial charge in [-0.3, -0.25) is 0 Å². The van der Waals surface area contributed by atoms with Crippen LogP contribution >= 0.6 is 38.5 Å². The number of unbranched alkanes of at least 4 members (excludes halogenated alkanes) is 4. The Hall–Kier alpha value is -1.91. The summed E-state index contributed by atoms with van der Waals surface area (Å²) in [4.78, 5) is 0. The van der Waals surface area contributed by atoms with Gasteiger partial charge in [0.05, 0.1) is 0 Å². The molecule has 7 rings (SSSR count). The molecular weight excluding hydrogens is 675 g/mol. The van der Waals surface area contributed by atoms with Crippen molar-refractivity contribution < 1.29 is 0 Å². The highest BCUT2D eigenvalue weighted by Crippen LogP contribution is 2.55. The first-order valence-corrected chi connectivity index (χ1v) is 17.8. The standard InChI is InChI=1S/C39H40BrI/c40-33-17-19-35-36-20-18-34(41)26-38(36)39(37(35)25-33,21-5-1-3-7-27-9-11-29-13-15-31(29)23-27)22-6-2-4-8-28-10-12-30-14-16-32(30)24-28/h9-12,17-20,23-26H,1-8,13-16,21-22H2. The minimum absolute atomic E-state index is 0.126. The van der Waals surface area contributed by atoms with Gasteiger partial charge >= 0.3 is 0 Å². The monoisotopic (exact) mass is 714 g/mol. The van der Waals surface area contributed by atoms with E-state index >= 15 is 0 Å². The van der Waals surface area contributed by atoms with Crippen molar-refractivity contribution in [1.82, 2.24) is 0 Å². The van der Waals surface area contributed by atoms with E-state index in [-0.39, 0.29) is 5.41 Å². The molecule has 0 aromatic heterocycles. The van der Waals surface area contributed by atoms with Crippen LogP contribution in [0.25, 0.3) is 11.1 Å². The first kappa shape index (κ1) is 27.9. The second-order valence-corrected chi connectivity index (χ2v) is 15.0. The molecule has 0 aliphatic heterocycles. The summed E-state index contributed by atoms with van der Waals surface area (Å²) in [6, 6.07) is 28.7. The largest absolute Gasteiger partial charge is 0.0588 e. The molecule has 210 valence electrons. The Labute approximate surface area is 268 Å². The molecule has 0 radical (unpaired) electrons. The highest BCUT2D eigenvalue weighted by molar-refractivity contribution is 14.1. The molecule has 0 atom stereocenters. The number of hydrogen-bond donors (Lipinski definition) is 0. The van der Waals surface area contributed by atoms with Crippen LogP contribution < -0.4 is 0 Å². The van der Waals surface area contributed by atoms with E-state index in [0.29, 0.717) is 0 Å². The average Bonchev–Trinajstić information content (AvgIpc) is 3.19. The predicted octanol–water partition coefficient (Wildman–Crippen LogP) is 11.1. The highest BCUT2D eigenvalue weighted by atomic mass is 127. The first-order valence-electron chi connectivity index (χ1n) is 15.9. The Kier molecular flexibility index (Phi) is 8.16. The minimum atomic E-state index is 0.126. The van der Waals surface area contributed by atoms with Crippen LogP contribution in [-0.4, -0.2) is 0 Å². The lowest BCUT2D eigenvalue weighted by molar-refractivity contribution is 0.401. The smallest absolute Gasteiger partial charge is 0.0216 e. The summed E-state index contributed by atoms with van der Waals surface area (Å²) in [6.07, 6.45) is 17.8. The van der Waals surface area contributed by atoms with E-state index in [1.165, 1.54) is 109 Å². The van der Waals surface area contributed by atoms with Crippen LogP contribution in [0.3, 0.4) is 0 Å².